The number of fused-ring (bicyclic) bond motifs is 30. The number of nitrogens with zero attached hydrogens (tertiary/aromatic N) is 6. The van der Waals surface area contributed by atoms with E-state index in [0.717, 1.165) is 61.3 Å². The lowest BCUT2D eigenvalue weighted by Gasteiger charge is -2.12. The zero-order valence-electron chi connectivity index (χ0n) is 43.6. The number of thiophene rings is 2. The van der Waals surface area contributed by atoms with Gasteiger partial charge in [-0.3, -0.25) is 8.80 Å². The molecule has 8 aromatic heterocycles. The third-order valence-corrected chi connectivity index (χ3v) is 20.2. The van der Waals surface area contributed by atoms with Crippen molar-refractivity contribution in [1.29, 1.82) is 0 Å². The second kappa shape index (κ2) is 15.7. The number of rotatable bonds is 3. The number of para-hydroxylation sites is 7. The second-order valence-corrected chi connectivity index (χ2v) is 24.1. The van der Waals surface area contributed by atoms with Crippen LogP contribution >= 0.6 is 22.7 Å². The Hall–Kier alpha value is -10.4. The summed E-state index contributed by atoms with van der Waals surface area (Å²) in [5.41, 5.74) is 17.8. The molecule has 0 atom stereocenters. The molecule has 12 aromatic carbocycles. The van der Waals surface area contributed by atoms with Gasteiger partial charge in [-0.05, 0) is 125 Å². The maximum Gasteiger partial charge on any atom is 0.147 e. The van der Waals surface area contributed by atoms with E-state index in [1.54, 1.807) is 0 Å². The lowest BCUT2D eigenvalue weighted by atomic mass is 9.97. The molecule has 8 heterocycles. The molecule has 20 aromatic rings. The number of hydrogen-bond donors (Lipinski definition) is 0. The highest BCUT2D eigenvalue weighted by Crippen LogP contribution is 2.49. The average molecular weight is 1080 g/mol. The van der Waals surface area contributed by atoms with E-state index in [1.165, 1.54) is 122 Å². The van der Waals surface area contributed by atoms with Gasteiger partial charge in [0.2, 0.25) is 0 Å². The molecule has 0 fully saturated rings. The van der Waals surface area contributed by atoms with Crippen LogP contribution in [0.5, 0.6) is 0 Å². The highest BCUT2D eigenvalue weighted by molar-refractivity contribution is 7.26. The van der Waals surface area contributed by atoms with E-state index in [1.807, 2.05) is 22.7 Å². The van der Waals surface area contributed by atoms with Gasteiger partial charge in [0.15, 0.2) is 0 Å². The van der Waals surface area contributed by atoms with Crippen molar-refractivity contribution in [3.63, 3.8) is 0 Å². The molecule has 0 radical (unpaired) electrons. The standard InChI is InChI=1S/C74H40N6S2/c1-3-16-42(17-4-1)77-57-26-11-7-21-49(57)68-60(77)34-33-47-52-39-66-54(38-63(52)79-58-27-12-9-24-55(58)75-73(79)71(47)68)48-23-15-22-44(72(48)82-66)41-30-31-50-62(36-41)78(43-18-5-2-6-19-43)61-35-32-46-51-37-53-45-20-8-14-29-65(45)81-67(53)40-64(51)80-59-28-13-10-25-56(59)76-74(80)70(46)69(50)61/h1-40H. The summed E-state index contributed by atoms with van der Waals surface area (Å²) in [4.78, 5) is 11.0. The van der Waals surface area contributed by atoms with Gasteiger partial charge in [-0.15, -0.1) is 22.7 Å². The fourth-order valence-corrected chi connectivity index (χ4v) is 16.8. The van der Waals surface area contributed by atoms with Crippen molar-refractivity contribution in [2.45, 2.75) is 0 Å². The number of pyridine rings is 2. The maximum absolute atomic E-state index is 5.53. The molecule has 0 aliphatic carbocycles. The molecule has 82 heavy (non-hydrogen) atoms. The van der Waals surface area contributed by atoms with Crippen molar-refractivity contribution in [3.8, 4) is 22.5 Å². The summed E-state index contributed by atoms with van der Waals surface area (Å²) in [6.07, 6.45) is 0. The summed E-state index contributed by atoms with van der Waals surface area (Å²) in [5, 5.41) is 17.1. The van der Waals surface area contributed by atoms with Crippen LogP contribution in [0.2, 0.25) is 0 Å². The Kier molecular flexibility index (Phi) is 8.33. The molecule has 0 saturated heterocycles. The van der Waals surface area contributed by atoms with Crippen LogP contribution in [0.3, 0.4) is 0 Å². The first-order chi connectivity index (χ1) is 40.7. The lowest BCUT2D eigenvalue weighted by Crippen LogP contribution is -1.95. The van der Waals surface area contributed by atoms with Gasteiger partial charge >= 0.3 is 0 Å². The average Bonchev–Trinajstić information content (AvgIpc) is 2.32. The van der Waals surface area contributed by atoms with Crippen molar-refractivity contribution in [2.75, 3.05) is 0 Å². The van der Waals surface area contributed by atoms with Gasteiger partial charge in [0.05, 0.1) is 55.2 Å². The fourth-order valence-electron chi connectivity index (χ4n) is 14.5. The van der Waals surface area contributed by atoms with E-state index < -0.39 is 0 Å². The lowest BCUT2D eigenvalue weighted by molar-refractivity contribution is 1.18. The van der Waals surface area contributed by atoms with Crippen LogP contribution in [-0.4, -0.2) is 27.9 Å². The van der Waals surface area contributed by atoms with E-state index in [2.05, 4.69) is 261 Å². The van der Waals surface area contributed by atoms with Crippen molar-refractivity contribution < 1.29 is 0 Å². The van der Waals surface area contributed by atoms with E-state index in [0.29, 0.717) is 0 Å². The number of imidazole rings is 2. The Labute approximate surface area is 473 Å². The largest absolute Gasteiger partial charge is 0.309 e. The summed E-state index contributed by atoms with van der Waals surface area (Å²) in [6.45, 7) is 0. The molecular weight excluding hydrogens is 1040 g/mol. The zero-order chi connectivity index (χ0) is 53.1. The van der Waals surface area contributed by atoms with Gasteiger partial charge in [0.25, 0.3) is 0 Å². The minimum atomic E-state index is 0.975. The fraction of sp³-hybridized carbons (Fsp3) is 0. The zero-order valence-corrected chi connectivity index (χ0v) is 45.2. The highest BCUT2D eigenvalue weighted by Gasteiger charge is 2.25. The van der Waals surface area contributed by atoms with Gasteiger partial charge in [-0.2, -0.15) is 0 Å². The summed E-state index contributed by atoms with van der Waals surface area (Å²) in [6, 6.07) is 89.8. The van der Waals surface area contributed by atoms with Gasteiger partial charge in [0.1, 0.15) is 11.3 Å². The molecular formula is C74H40N6S2. The summed E-state index contributed by atoms with van der Waals surface area (Å²) >= 11 is 3.76. The smallest absolute Gasteiger partial charge is 0.147 e. The Balaban J connectivity index is 0.860. The van der Waals surface area contributed by atoms with E-state index in [-0.39, 0.29) is 0 Å². The topological polar surface area (TPSA) is 44.5 Å². The summed E-state index contributed by atoms with van der Waals surface area (Å²) in [7, 11) is 0. The molecule has 0 aliphatic rings. The first-order valence-electron chi connectivity index (χ1n) is 27.9. The SMILES string of the molecule is c1ccc(-n2c3cc(-c4cccc5c4sc4cc6c7ccc8c(c9ccccc9n8-c8ccccc8)c7c7nc8ccccc8n7c6cc45)ccc3c3c4c(ccc32)c2cc3c(cc2n2c5ccccc5nc42)sc2ccccc23)cc1. The van der Waals surface area contributed by atoms with Crippen LogP contribution in [0.1, 0.15) is 0 Å². The summed E-state index contributed by atoms with van der Waals surface area (Å²) < 4.78 is 14.9. The quantitative estimate of drug-likeness (QED) is 0.166. The molecule has 0 bridgehead atoms. The molecule has 20 rings (SSSR count). The van der Waals surface area contributed by atoms with Crippen LogP contribution in [0, 0.1) is 0 Å². The molecule has 6 nitrogen and oxygen atoms in total. The van der Waals surface area contributed by atoms with Gasteiger partial charge in [-0.25, -0.2) is 9.97 Å². The summed E-state index contributed by atoms with van der Waals surface area (Å²) in [5.74, 6) is 0. The minimum Gasteiger partial charge on any atom is -0.309 e. The Morgan fingerprint density at radius 3 is 1.49 bits per heavy atom. The van der Waals surface area contributed by atoms with Crippen LogP contribution < -0.4 is 0 Å². The first kappa shape index (κ1) is 43.5. The monoisotopic (exact) mass is 1080 g/mol. The molecule has 0 amide bonds. The predicted molar refractivity (Wildman–Crippen MR) is 349 cm³/mol. The molecule has 0 N–H and O–H groups in total. The van der Waals surface area contributed by atoms with Crippen LogP contribution in [0.4, 0.5) is 0 Å². The van der Waals surface area contributed by atoms with E-state index in [9.17, 15) is 0 Å². The Morgan fingerprint density at radius 1 is 0.268 bits per heavy atom. The van der Waals surface area contributed by atoms with E-state index >= 15 is 0 Å². The number of aromatic nitrogens is 6. The molecule has 0 saturated carbocycles. The minimum absolute atomic E-state index is 0.975. The first-order valence-corrected chi connectivity index (χ1v) is 29.5. The highest BCUT2D eigenvalue weighted by atomic mass is 32.1. The number of hydrogen-bond acceptors (Lipinski definition) is 4. The Bertz CT molecular complexity index is 6250. The molecule has 378 valence electrons. The van der Waals surface area contributed by atoms with Gasteiger partial charge in [-0.1, -0.05) is 140 Å². The van der Waals surface area contributed by atoms with Gasteiger partial charge < -0.3 is 9.13 Å². The molecule has 0 unspecified atom stereocenters. The third kappa shape index (κ3) is 5.57. The molecule has 0 aliphatic heterocycles. The normalized spacial score (nSPS) is 12.6. The third-order valence-electron chi connectivity index (χ3n) is 17.9. The predicted octanol–water partition coefficient (Wildman–Crippen LogP) is 20.5. The molecule has 0 spiro atoms. The van der Waals surface area contributed by atoms with Crippen LogP contribution in [-0.2, 0) is 0 Å². The second-order valence-electron chi connectivity index (χ2n) is 22.0. The van der Waals surface area contributed by atoms with Crippen molar-refractivity contribution in [2.24, 2.45) is 0 Å². The van der Waals surface area contributed by atoms with Crippen LogP contribution in [0.25, 0.3) is 183 Å². The van der Waals surface area contributed by atoms with E-state index in [4.69, 9.17) is 9.97 Å². The van der Waals surface area contributed by atoms with Crippen molar-refractivity contribution >= 4 is 183 Å². The van der Waals surface area contributed by atoms with Gasteiger partial charge in [0, 0.05) is 94.8 Å². The van der Waals surface area contributed by atoms with Crippen LogP contribution in [0.15, 0.2) is 243 Å². The van der Waals surface area contributed by atoms with Crippen molar-refractivity contribution in [3.05, 3.63) is 243 Å². The molecule has 8 heteroatoms. The Morgan fingerprint density at radius 2 is 0.793 bits per heavy atom. The number of benzene rings is 12. The maximum atomic E-state index is 5.53. The van der Waals surface area contributed by atoms with Crippen molar-refractivity contribution in [1.82, 2.24) is 27.9 Å².